The van der Waals surface area contributed by atoms with Crippen molar-refractivity contribution in [1.29, 1.82) is 0 Å². The molecule has 1 heterocycles. The summed E-state index contributed by atoms with van der Waals surface area (Å²) in [6.07, 6.45) is 1.41. The second kappa shape index (κ2) is 5.31. The van der Waals surface area contributed by atoms with Crippen LogP contribution in [0, 0.1) is 12.7 Å². The van der Waals surface area contributed by atoms with Gasteiger partial charge in [0.15, 0.2) is 0 Å². The van der Waals surface area contributed by atoms with Crippen molar-refractivity contribution in [1.82, 2.24) is 9.78 Å². The summed E-state index contributed by atoms with van der Waals surface area (Å²) in [4.78, 5) is 0. The van der Waals surface area contributed by atoms with Crippen LogP contribution in [0.3, 0.4) is 0 Å². The van der Waals surface area contributed by atoms with Crippen molar-refractivity contribution in [2.45, 2.75) is 32.9 Å². The summed E-state index contributed by atoms with van der Waals surface area (Å²) in [7, 11) is 0. The Balaban J connectivity index is 2.21. The lowest BCUT2D eigenvalue weighted by Crippen LogP contribution is -2.10. The molecule has 2 aromatic rings. The van der Waals surface area contributed by atoms with Crippen molar-refractivity contribution < 1.29 is 9.50 Å². The molecule has 4 heteroatoms. The van der Waals surface area contributed by atoms with Gasteiger partial charge in [0.05, 0.1) is 11.8 Å². The molecule has 0 aliphatic carbocycles. The van der Waals surface area contributed by atoms with Gasteiger partial charge in [-0.25, -0.2) is 4.39 Å². The number of nitrogens with zero attached hydrogens (tertiary/aromatic N) is 2. The molecule has 0 saturated heterocycles. The zero-order valence-electron chi connectivity index (χ0n) is 10.6. The Morgan fingerprint density at radius 2 is 2.17 bits per heavy atom. The van der Waals surface area contributed by atoms with Gasteiger partial charge in [-0.3, -0.25) is 4.68 Å². The van der Waals surface area contributed by atoms with Gasteiger partial charge in [-0.1, -0.05) is 6.07 Å². The first-order valence-corrected chi connectivity index (χ1v) is 6.06. The van der Waals surface area contributed by atoms with Gasteiger partial charge < -0.3 is 5.11 Å². The third kappa shape index (κ3) is 2.59. The molecule has 0 bridgehead atoms. The summed E-state index contributed by atoms with van der Waals surface area (Å²) in [6.45, 7) is 4.59. The van der Waals surface area contributed by atoms with Crippen LogP contribution in [0.5, 0.6) is 0 Å². The van der Waals surface area contributed by atoms with Gasteiger partial charge in [0.25, 0.3) is 0 Å². The lowest BCUT2D eigenvalue weighted by atomic mass is 10.0. The monoisotopic (exact) mass is 248 g/mol. The summed E-state index contributed by atoms with van der Waals surface area (Å²) in [6, 6.07) is 6.43. The maximum atomic E-state index is 13.2. The number of hydrogen-bond acceptors (Lipinski definition) is 2. The normalized spacial score (nSPS) is 12.7. The van der Waals surface area contributed by atoms with Crippen LogP contribution in [0.2, 0.25) is 0 Å². The Morgan fingerprint density at radius 1 is 1.39 bits per heavy atom. The Morgan fingerprint density at radius 3 is 2.89 bits per heavy atom. The highest BCUT2D eigenvalue weighted by Crippen LogP contribution is 2.21. The molecule has 1 atom stereocenters. The highest BCUT2D eigenvalue weighted by Gasteiger charge is 2.14. The fourth-order valence-corrected chi connectivity index (χ4v) is 2.06. The van der Waals surface area contributed by atoms with Crippen molar-refractivity contribution in [3.63, 3.8) is 0 Å². The standard InChI is InChI=1S/C14H17FN2O/c1-3-17-13(6-7-16-17)14(18)9-11-8-12(15)5-4-10(11)2/h4-8,14,18H,3,9H2,1-2H3. The predicted molar refractivity (Wildman–Crippen MR) is 67.7 cm³/mol. The molecule has 1 N–H and O–H groups in total. The quantitative estimate of drug-likeness (QED) is 0.903. The molecule has 0 spiro atoms. The highest BCUT2D eigenvalue weighted by atomic mass is 19.1. The van der Waals surface area contributed by atoms with Crippen molar-refractivity contribution in [3.8, 4) is 0 Å². The first kappa shape index (κ1) is 12.8. The molecule has 18 heavy (non-hydrogen) atoms. The lowest BCUT2D eigenvalue weighted by Gasteiger charge is -2.14. The van der Waals surface area contributed by atoms with Crippen molar-refractivity contribution in [2.24, 2.45) is 0 Å². The number of halogens is 1. The fraction of sp³-hybridized carbons (Fsp3) is 0.357. The summed E-state index contributed by atoms with van der Waals surface area (Å²) in [5.74, 6) is -0.271. The summed E-state index contributed by atoms with van der Waals surface area (Å²) >= 11 is 0. The Labute approximate surface area is 106 Å². The van der Waals surface area contributed by atoms with Crippen LogP contribution in [0.15, 0.2) is 30.5 Å². The fourth-order valence-electron chi connectivity index (χ4n) is 2.06. The summed E-state index contributed by atoms with van der Waals surface area (Å²) < 4.78 is 14.9. The van der Waals surface area contributed by atoms with E-state index in [0.29, 0.717) is 13.0 Å². The first-order valence-electron chi connectivity index (χ1n) is 6.06. The minimum atomic E-state index is -0.659. The van der Waals surface area contributed by atoms with Gasteiger partial charge in [-0.05, 0) is 43.2 Å². The molecule has 0 aliphatic rings. The zero-order chi connectivity index (χ0) is 13.1. The van der Waals surface area contributed by atoms with E-state index in [2.05, 4.69) is 5.10 Å². The first-order chi connectivity index (χ1) is 8.61. The van der Waals surface area contributed by atoms with E-state index in [-0.39, 0.29) is 5.82 Å². The molecule has 1 unspecified atom stereocenters. The third-order valence-electron chi connectivity index (χ3n) is 3.11. The van der Waals surface area contributed by atoms with Gasteiger partial charge in [-0.2, -0.15) is 5.10 Å². The van der Waals surface area contributed by atoms with Crippen LogP contribution in [0.1, 0.15) is 29.8 Å². The molecule has 1 aromatic carbocycles. The Hall–Kier alpha value is -1.68. The van der Waals surface area contributed by atoms with Crippen LogP contribution in [0.25, 0.3) is 0 Å². The predicted octanol–water partition coefficient (Wildman–Crippen LogP) is 2.63. The van der Waals surface area contributed by atoms with E-state index in [9.17, 15) is 9.50 Å². The Kier molecular flexibility index (Phi) is 3.77. The van der Waals surface area contributed by atoms with Crippen LogP contribution in [0.4, 0.5) is 4.39 Å². The van der Waals surface area contributed by atoms with Crippen LogP contribution in [-0.2, 0) is 13.0 Å². The van der Waals surface area contributed by atoms with E-state index >= 15 is 0 Å². The molecular weight excluding hydrogens is 231 g/mol. The smallest absolute Gasteiger partial charge is 0.123 e. The summed E-state index contributed by atoms with van der Waals surface area (Å²) in [5, 5.41) is 14.3. The molecule has 2 rings (SSSR count). The Bertz CT molecular complexity index is 536. The molecular formula is C14H17FN2O. The number of aryl methyl sites for hydroxylation is 2. The second-order valence-electron chi connectivity index (χ2n) is 4.36. The second-order valence-corrected chi connectivity index (χ2v) is 4.36. The molecule has 0 saturated carbocycles. The van der Waals surface area contributed by atoms with E-state index in [0.717, 1.165) is 16.8 Å². The van der Waals surface area contributed by atoms with E-state index in [1.807, 2.05) is 13.8 Å². The molecule has 1 aromatic heterocycles. The van der Waals surface area contributed by atoms with Gasteiger partial charge in [-0.15, -0.1) is 0 Å². The van der Waals surface area contributed by atoms with E-state index in [1.54, 1.807) is 23.0 Å². The van der Waals surface area contributed by atoms with Gasteiger partial charge in [0.2, 0.25) is 0 Å². The van der Waals surface area contributed by atoms with Crippen molar-refractivity contribution in [2.75, 3.05) is 0 Å². The minimum Gasteiger partial charge on any atom is -0.386 e. The number of benzene rings is 1. The van der Waals surface area contributed by atoms with E-state index in [4.69, 9.17) is 0 Å². The minimum absolute atomic E-state index is 0.271. The average molecular weight is 248 g/mol. The SMILES string of the molecule is CCn1nccc1C(O)Cc1cc(F)ccc1C. The van der Waals surface area contributed by atoms with E-state index < -0.39 is 6.10 Å². The van der Waals surface area contributed by atoms with Crippen molar-refractivity contribution >= 4 is 0 Å². The lowest BCUT2D eigenvalue weighted by molar-refractivity contribution is 0.167. The van der Waals surface area contributed by atoms with Crippen LogP contribution < -0.4 is 0 Å². The molecule has 0 amide bonds. The average Bonchev–Trinajstić information content (AvgIpc) is 2.82. The number of aromatic nitrogens is 2. The van der Waals surface area contributed by atoms with Crippen LogP contribution >= 0.6 is 0 Å². The molecule has 3 nitrogen and oxygen atoms in total. The number of rotatable bonds is 4. The van der Waals surface area contributed by atoms with Crippen LogP contribution in [-0.4, -0.2) is 14.9 Å². The maximum absolute atomic E-state index is 13.2. The molecule has 0 aliphatic heterocycles. The van der Waals surface area contributed by atoms with Gasteiger partial charge in [0.1, 0.15) is 5.82 Å². The highest BCUT2D eigenvalue weighted by molar-refractivity contribution is 5.28. The third-order valence-corrected chi connectivity index (χ3v) is 3.11. The van der Waals surface area contributed by atoms with E-state index in [1.165, 1.54) is 12.1 Å². The topological polar surface area (TPSA) is 38.0 Å². The van der Waals surface area contributed by atoms with Crippen molar-refractivity contribution in [3.05, 3.63) is 53.1 Å². The molecule has 0 fully saturated rings. The molecule has 96 valence electrons. The number of aliphatic hydroxyl groups is 1. The number of aliphatic hydroxyl groups excluding tert-OH is 1. The maximum Gasteiger partial charge on any atom is 0.123 e. The molecule has 0 radical (unpaired) electrons. The summed E-state index contributed by atoms with van der Waals surface area (Å²) in [5.41, 5.74) is 2.57. The largest absolute Gasteiger partial charge is 0.386 e. The zero-order valence-corrected chi connectivity index (χ0v) is 10.6. The van der Waals surface area contributed by atoms with Gasteiger partial charge >= 0.3 is 0 Å². The van der Waals surface area contributed by atoms with Gasteiger partial charge in [0, 0.05) is 19.2 Å². The number of hydrogen-bond donors (Lipinski definition) is 1.